The lowest BCUT2D eigenvalue weighted by atomic mass is 9.99. The van der Waals surface area contributed by atoms with Crippen LogP contribution in [0.2, 0.25) is 0 Å². The van der Waals surface area contributed by atoms with Gasteiger partial charge in [0.2, 0.25) is 11.8 Å². The SMILES string of the molecule is CCOC(=O)CCNC(=O)C(c1ccccc1)N(C(=O)C(CC(C)C)NC(=O)OC(C)(C)C)C1CC1. The monoisotopic (exact) mass is 503 g/mol. The van der Waals surface area contributed by atoms with Gasteiger partial charge in [-0.15, -0.1) is 0 Å². The third-order valence-corrected chi connectivity index (χ3v) is 5.47. The van der Waals surface area contributed by atoms with Crippen molar-refractivity contribution in [2.45, 2.75) is 91.0 Å². The van der Waals surface area contributed by atoms with Gasteiger partial charge in [-0.2, -0.15) is 0 Å². The Morgan fingerprint density at radius 1 is 1.08 bits per heavy atom. The number of amides is 3. The standard InChI is InChI=1S/C27H41N3O6/c1-7-35-22(31)15-16-28-24(32)23(19-11-9-8-10-12-19)30(20-13-14-20)25(33)21(17-18(2)3)29-26(34)36-27(4,5)6/h8-12,18,20-21,23H,7,13-17H2,1-6H3,(H,28,32)(H,29,34). The zero-order chi connectivity index (χ0) is 26.9. The number of esters is 1. The van der Waals surface area contributed by atoms with Crippen molar-refractivity contribution in [1.82, 2.24) is 15.5 Å². The van der Waals surface area contributed by atoms with E-state index in [4.69, 9.17) is 9.47 Å². The Kier molecular flexibility index (Phi) is 10.7. The van der Waals surface area contributed by atoms with E-state index < -0.39 is 29.7 Å². The third-order valence-electron chi connectivity index (χ3n) is 5.47. The molecule has 0 aliphatic heterocycles. The third kappa shape index (κ3) is 9.51. The van der Waals surface area contributed by atoms with E-state index in [9.17, 15) is 19.2 Å². The molecular weight excluding hydrogens is 462 g/mol. The molecule has 1 aliphatic carbocycles. The van der Waals surface area contributed by atoms with Crippen LogP contribution in [0.25, 0.3) is 0 Å². The minimum absolute atomic E-state index is 0.0363. The molecule has 1 aromatic carbocycles. The van der Waals surface area contributed by atoms with E-state index in [1.165, 1.54) is 0 Å². The first-order valence-corrected chi connectivity index (χ1v) is 12.7. The highest BCUT2D eigenvalue weighted by atomic mass is 16.6. The van der Waals surface area contributed by atoms with Gasteiger partial charge in [-0.05, 0) is 58.4 Å². The molecule has 0 radical (unpaired) electrons. The van der Waals surface area contributed by atoms with Crippen molar-refractivity contribution in [1.29, 1.82) is 0 Å². The summed E-state index contributed by atoms with van der Waals surface area (Å²) in [5, 5.41) is 5.53. The molecule has 0 spiro atoms. The second kappa shape index (κ2) is 13.3. The Labute approximate surface area is 214 Å². The maximum atomic E-state index is 13.9. The van der Waals surface area contributed by atoms with E-state index in [1.807, 2.05) is 32.0 Å². The quantitative estimate of drug-likeness (QED) is 0.420. The van der Waals surface area contributed by atoms with Crippen LogP contribution in [0.1, 0.15) is 78.8 Å². The summed E-state index contributed by atoms with van der Waals surface area (Å²) in [4.78, 5) is 53.3. The van der Waals surface area contributed by atoms with Crippen LogP contribution >= 0.6 is 0 Å². The van der Waals surface area contributed by atoms with Crippen LogP contribution < -0.4 is 10.6 Å². The highest BCUT2D eigenvalue weighted by molar-refractivity contribution is 5.92. The van der Waals surface area contributed by atoms with Crippen molar-refractivity contribution in [2.24, 2.45) is 5.92 Å². The topological polar surface area (TPSA) is 114 Å². The number of nitrogens with zero attached hydrogens (tertiary/aromatic N) is 1. The summed E-state index contributed by atoms with van der Waals surface area (Å²) in [5.74, 6) is -0.996. The Balaban J connectivity index is 2.32. The molecule has 2 N–H and O–H groups in total. The summed E-state index contributed by atoms with van der Waals surface area (Å²) in [5.41, 5.74) is -0.0520. The van der Waals surface area contributed by atoms with E-state index in [0.717, 1.165) is 12.8 Å². The van der Waals surface area contributed by atoms with Crippen molar-refractivity contribution < 1.29 is 28.7 Å². The summed E-state index contributed by atoms with van der Waals surface area (Å²) >= 11 is 0. The first-order chi connectivity index (χ1) is 16.9. The summed E-state index contributed by atoms with van der Waals surface area (Å²) in [6.07, 6.45) is 1.30. The van der Waals surface area contributed by atoms with Crippen molar-refractivity contribution in [3.05, 3.63) is 35.9 Å². The lowest BCUT2D eigenvalue weighted by Crippen LogP contribution is -2.54. The van der Waals surface area contributed by atoms with Crippen LogP contribution in [-0.2, 0) is 23.9 Å². The van der Waals surface area contributed by atoms with Gasteiger partial charge in [0.15, 0.2) is 0 Å². The fourth-order valence-corrected chi connectivity index (χ4v) is 3.88. The first kappa shape index (κ1) is 29.1. The van der Waals surface area contributed by atoms with E-state index in [-0.39, 0.29) is 43.3 Å². The summed E-state index contributed by atoms with van der Waals surface area (Å²) < 4.78 is 10.3. The summed E-state index contributed by atoms with van der Waals surface area (Å²) in [6, 6.07) is 7.21. The molecule has 9 nitrogen and oxygen atoms in total. The maximum Gasteiger partial charge on any atom is 0.408 e. The predicted molar refractivity (Wildman–Crippen MR) is 136 cm³/mol. The highest BCUT2D eigenvalue weighted by Crippen LogP contribution is 2.36. The van der Waals surface area contributed by atoms with E-state index in [1.54, 1.807) is 44.7 Å². The molecule has 2 atom stereocenters. The van der Waals surface area contributed by atoms with Gasteiger partial charge in [0, 0.05) is 12.6 Å². The number of ether oxygens (including phenoxy) is 2. The molecule has 2 rings (SSSR count). The zero-order valence-electron chi connectivity index (χ0n) is 22.3. The lowest BCUT2D eigenvalue weighted by molar-refractivity contribution is -0.145. The number of hydrogen-bond acceptors (Lipinski definition) is 6. The van der Waals surface area contributed by atoms with Crippen LogP contribution in [-0.4, -0.2) is 59.6 Å². The highest BCUT2D eigenvalue weighted by Gasteiger charge is 2.44. The van der Waals surface area contributed by atoms with Crippen molar-refractivity contribution in [2.75, 3.05) is 13.2 Å². The normalized spacial score (nSPS) is 15.0. The molecule has 0 saturated heterocycles. The Hall–Kier alpha value is -3.10. The molecule has 9 heteroatoms. The van der Waals surface area contributed by atoms with E-state index in [2.05, 4.69) is 10.6 Å². The minimum Gasteiger partial charge on any atom is -0.466 e. The van der Waals surface area contributed by atoms with E-state index >= 15 is 0 Å². The Morgan fingerprint density at radius 2 is 1.72 bits per heavy atom. The first-order valence-electron chi connectivity index (χ1n) is 12.7. The van der Waals surface area contributed by atoms with Gasteiger partial charge in [-0.3, -0.25) is 14.4 Å². The predicted octanol–water partition coefficient (Wildman–Crippen LogP) is 3.73. The van der Waals surface area contributed by atoms with Gasteiger partial charge in [-0.25, -0.2) is 4.79 Å². The van der Waals surface area contributed by atoms with Gasteiger partial charge in [-0.1, -0.05) is 44.2 Å². The van der Waals surface area contributed by atoms with Gasteiger partial charge >= 0.3 is 12.1 Å². The maximum absolute atomic E-state index is 13.9. The van der Waals surface area contributed by atoms with Crippen molar-refractivity contribution in [3.8, 4) is 0 Å². The van der Waals surface area contributed by atoms with Crippen molar-refractivity contribution >= 4 is 23.9 Å². The molecule has 2 unspecified atom stereocenters. The molecule has 0 aromatic heterocycles. The van der Waals surface area contributed by atoms with Gasteiger partial charge in [0.05, 0.1) is 13.0 Å². The molecule has 1 fully saturated rings. The molecule has 0 bridgehead atoms. The second-order valence-electron chi connectivity index (χ2n) is 10.5. The number of alkyl carbamates (subject to hydrolysis) is 1. The Bertz CT molecular complexity index is 893. The fourth-order valence-electron chi connectivity index (χ4n) is 3.88. The molecule has 0 heterocycles. The summed E-state index contributed by atoms with van der Waals surface area (Å²) in [7, 11) is 0. The zero-order valence-corrected chi connectivity index (χ0v) is 22.3. The van der Waals surface area contributed by atoms with Gasteiger partial charge in [0.1, 0.15) is 17.7 Å². The number of carbonyl (C=O) groups is 4. The molecule has 36 heavy (non-hydrogen) atoms. The fraction of sp³-hybridized carbons (Fsp3) is 0.630. The average Bonchev–Trinajstić information content (AvgIpc) is 3.60. The average molecular weight is 504 g/mol. The number of carbonyl (C=O) groups excluding carboxylic acids is 4. The number of hydrogen-bond donors (Lipinski definition) is 2. The van der Waals surface area contributed by atoms with Crippen LogP contribution in [0.5, 0.6) is 0 Å². The van der Waals surface area contributed by atoms with Crippen LogP contribution in [0.4, 0.5) is 4.79 Å². The molecule has 1 aliphatic rings. The van der Waals surface area contributed by atoms with Gasteiger partial charge in [0.25, 0.3) is 0 Å². The van der Waals surface area contributed by atoms with Crippen LogP contribution in [0.3, 0.4) is 0 Å². The molecule has 1 saturated carbocycles. The van der Waals surface area contributed by atoms with Gasteiger partial charge < -0.3 is 25.0 Å². The second-order valence-corrected chi connectivity index (χ2v) is 10.5. The van der Waals surface area contributed by atoms with E-state index in [0.29, 0.717) is 12.0 Å². The number of benzene rings is 1. The number of nitrogens with one attached hydrogen (secondary N) is 2. The smallest absolute Gasteiger partial charge is 0.408 e. The molecule has 1 aromatic rings. The lowest BCUT2D eigenvalue weighted by Gasteiger charge is -2.35. The Morgan fingerprint density at radius 3 is 2.25 bits per heavy atom. The molecular formula is C27H41N3O6. The molecule has 3 amide bonds. The number of rotatable bonds is 12. The largest absolute Gasteiger partial charge is 0.466 e. The van der Waals surface area contributed by atoms with Crippen LogP contribution in [0, 0.1) is 5.92 Å². The minimum atomic E-state index is -0.900. The summed E-state index contributed by atoms with van der Waals surface area (Å²) in [6.45, 7) is 11.3. The molecule has 200 valence electrons. The van der Waals surface area contributed by atoms with Crippen LogP contribution in [0.15, 0.2) is 30.3 Å². The van der Waals surface area contributed by atoms with Crippen molar-refractivity contribution in [3.63, 3.8) is 0 Å².